The monoisotopic (exact) mass is 217 g/mol. The summed E-state index contributed by atoms with van der Waals surface area (Å²) in [4.78, 5) is 11.0. The van der Waals surface area contributed by atoms with Crippen LogP contribution >= 0.6 is 0 Å². The van der Waals surface area contributed by atoms with Gasteiger partial charge in [-0.05, 0) is 30.4 Å². The molecule has 1 fully saturated rings. The molecular formula is C13H15NO2. The Hall–Kier alpha value is -1.35. The van der Waals surface area contributed by atoms with Gasteiger partial charge >= 0.3 is 5.97 Å². The van der Waals surface area contributed by atoms with Crippen LogP contribution in [0.4, 0.5) is 0 Å². The van der Waals surface area contributed by atoms with Crippen molar-refractivity contribution in [3.63, 3.8) is 0 Å². The van der Waals surface area contributed by atoms with Crippen molar-refractivity contribution in [3.8, 4) is 0 Å². The molecular weight excluding hydrogens is 202 g/mol. The first-order chi connectivity index (χ1) is 7.71. The van der Waals surface area contributed by atoms with Crippen LogP contribution in [0.25, 0.3) is 0 Å². The maximum atomic E-state index is 11.0. The van der Waals surface area contributed by atoms with Crippen LogP contribution in [0.2, 0.25) is 0 Å². The predicted molar refractivity (Wildman–Crippen MR) is 60.5 cm³/mol. The number of carboxylic acids is 1. The molecule has 2 aliphatic rings. The number of nitrogens with one attached hydrogen (secondary N) is 1. The van der Waals surface area contributed by atoms with E-state index < -0.39 is 5.97 Å². The highest BCUT2D eigenvalue weighted by molar-refractivity contribution is 5.74. The Morgan fingerprint density at radius 1 is 1.44 bits per heavy atom. The second-order valence-corrected chi connectivity index (χ2v) is 4.91. The number of aryl methyl sites for hydroxylation is 1. The number of carbonyl (C=O) groups is 1. The standard InChI is InChI=1S/C13H15NO2/c15-12(16)11-7-13(8-14-11)6-5-9-3-1-2-4-10(9)13/h1-4,11,14H,5-8H2,(H,15,16). The summed E-state index contributed by atoms with van der Waals surface area (Å²) in [5, 5.41) is 12.2. The number of carboxylic acid groups (broad SMARTS) is 1. The molecule has 3 rings (SSSR count). The van der Waals surface area contributed by atoms with Gasteiger partial charge in [0.25, 0.3) is 0 Å². The van der Waals surface area contributed by atoms with Crippen molar-refractivity contribution in [2.75, 3.05) is 6.54 Å². The highest BCUT2D eigenvalue weighted by Gasteiger charge is 2.46. The fraction of sp³-hybridized carbons (Fsp3) is 0.462. The second-order valence-electron chi connectivity index (χ2n) is 4.91. The van der Waals surface area contributed by atoms with E-state index in [4.69, 9.17) is 5.11 Å². The molecule has 1 spiro atoms. The fourth-order valence-corrected chi connectivity index (χ4v) is 3.19. The van der Waals surface area contributed by atoms with E-state index in [2.05, 4.69) is 29.6 Å². The van der Waals surface area contributed by atoms with Crippen LogP contribution in [0.3, 0.4) is 0 Å². The third kappa shape index (κ3) is 1.28. The fourth-order valence-electron chi connectivity index (χ4n) is 3.19. The summed E-state index contributed by atoms with van der Waals surface area (Å²) in [7, 11) is 0. The van der Waals surface area contributed by atoms with Crippen LogP contribution in [0, 0.1) is 0 Å². The van der Waals surface area contributed by atoms with Gasteiger partial charge in [0.05, 0.1) is 0 Å². The Labute approximate surface area is 94.5 Å². The molecule has 3 heteroatoms. The van der Waals surface area contributed by atoms with Gasteiger partial charge in [-0.15, -0.1) is 0 Å². The van der Waals surface area contributed by atoms with Gasteiger partial charge in [0, 0.05) is 12.0 Å². The summed E-state index contributed by atoms with van der Waals surface area (Å²) in [5.74, 6) is -0.721. The number of hydrogen-bond donors (Lipinski definition) is 2. The molecule has 0 bridgehead atoms. The third-order valence-electron chi connectivity index (χ3n) is 4.04. The normalized spacial score (nSPS) is 31.9. The van der Waals surface area contributed by atoms with E-state index in [1.54, 1.807) is 0 Å². The minimum Gasteiger partial charge on any atom is -0.480 e. The molecule has 2 atom stereocenters. The zero-order chi connectivity index (χ0) is 11.2. The average molecular weight is 217 g/mol. The van der Waals surface area contributed by atoms with E-state index in [0.29, 0.717) is 0 Å². The smallest absolute Gasteiger partial charge is 0.320 e. The molecule has 0 saturated carbocycles. The molecule has 1 aromatic carbocycles. The van der Waals surface area contributed by atoms with Crippen LogP contribution in [0.15, 0.2) is 24.3 Å². The summed E-state index contributed by atoms with van der Waals surface area (Å²) < 4.78 is 0. The van der Waals surface area contributed by atoms with Crippen LogP contribution in [-0.4, -0.2) is 23.7 Å². The van der Waals surface area contributed by atoms with Gasteiger partial charge in [0.1, 0.15) is 6.04 Å². The second kappa shape index (κ2) is 3.32. The molecule has 1 saturated heterocycles. The highest BCUT2D eigenvalue weighted by atomic mass is 16.4. The first-order valence-electron chi connectivity index (χ1n) is 5.76. The number of fused-ring (bicyclic) bond motifs is 2. The van der Waals surface area contributed by atoms with E-state index in [-0.39, 0.29) is 11.5 Å². The number of rotatable bonds is 1. The number of hydrogen-bond acceptors (Lipinski definition) is 2. The van der Waals surface area contributed by atoms with Gasteiger partial charge in [-0.3, -0.25) is 4.79 Å². The summed E-state index contributed by atoms with van der Waals surface area (Å²) in [5.41, 5.74) is 2.85. The Kier molecular flexibility index (Phi) is 2.04. The number of aliphatic carboxylic acids is 1. The van der Waals surface area contributed by atoms with Gasteiger partial charge in [-0.1, -0.05) is 24.3 Å². The largest absolute Gasteiger partial charge is 0.480 e. The molecule has 84 valence electrons. The molecule has 1 aromatic rings. The van der Waals surface area contributed by atoms with Crippen LogP contribution in [0.1, 0.15) is 24.0 Å². The highest BCUT2D eigenvalue weighted by Crippen LogP contribution is 2.44. The van der Waals surface area contributed by atoms with E-state index in [9.17, 15) is 4.79 Å². The topological polar surface area (TPSA) is 49.3 Å². The van der Waals surface area contributed by atoms with Crippen molar-refractivity contribution < 1.29 is 9.90 Å². The van der Waals surface area contributed by atoms with Gasteiger partial charge in [0.15, 0.2) is 0 Å². The van der Waals surface area contributed by atoms with Gasteiger partial charge < -0.3 is 10.4 Å². The van der Waals surface area contributed by atoms with Crippen LogP contribution < -0.4 is 5.32 Å². The average Bonchev–Trinajstić information content (AvgIpc) is 2.87. The molecule has 0 amide bonds. The zero-order valence-electron chi connectivity index (χ0n) is 9.07. The summed E-state index contributed by atoms with van der Waals surface area (Å²) >= 11 is 0. The quantitative estimate of drug-likeness (QED) is 0.746. The minimum atomic E-state index is -0.721. The lowest BCUT2D eigenvalue weighted by Crippen LogP contribution is -2.30. The lowest BCUT2D eigenvalue weighted by atomic mass is 9.80. The molecule has 1 aliphatic carbocycles. The van der Waals surface area contributed by atoms with Crippen molar-refractivity contribution >= 4 is 5.97 Å². The Morgan fingerprint density at radius 3 is 3.00 bits per heavy atom. The van der Waals surface area contributed by atoms with Crippen molar-refractivity contribution in [1.29, 1.82) is 0 Å². The van der Waals surface area contributed by atoms with E-state index >= 15 is 0 Å². The van der Waals surface area contributed by atoms with Crippen LogP contribution in [0.5, 0.6) is 0 Å². The van der Waals surface area contributed by atoms with E-state index in [1.807, 2.05) is 0 Å². The Bertz CT molecular complexity index is 443. The van der Waals surface area contributed by atoms with Gasteiger partial charge in [-0.25, -0.2) is 0 Å². The molecule has 1 heterocycles. The molecule has 0 aromatic heterocycles. The maximum absolute atomic E-state index is 11.0. The molecule has 1 aliphatic heterocycles. The molecule has 0 radical (unpaired) electrons. The van der Waals surface area contributed by atoms with Crippen molar-refractivity contribution in [3.05, 3.63) is 35.4 Å². The molecule has 2 unspecified atom stereocenters. The predicted octanol–water partition coefficient (Wildman–Crippen LogP) is 1.32. The first kappa shape index (κ1) is 9.85. The van der Waals surface area contributed by atoms with Gasteiger partial charge in [0.2, 0.25) is 0 Å². The summed E-state index contributed by atoms with van der Waals surface area (Å²) in [6, 6.07) is 8.08. The minimum absolute atomic E-state index is 0.0830. The lowest BCUT2D eigenvalue weighted by Gasteiger charge is -2.23. The first-order valence-corrected chi connectivity index (χ1v) is 5.76. The van der Waals surface area contributed by atoms with Crippen molar-refractivity contribution in [2.24, 2.45) is 0 Å². The van der Waals surface area contributed by atoms with E-state index in [0.717, 1.165) is 25.8 Å². The molecule has 2 N–H and O–H groups in total. The SMILES string of the molecule is O=C(O)C1CC2(CCc3ccccc32)CN1. The van der Waals surface area contributed by atoms with Gasteiger partial charge in [-0.2, -0.15) is 0 Å². The summed E-state index contributed by atoms with van der Waals surface area (Å²) in [6.07, 6.45) is 2.91. The summed E-state index contributed by atoms with van der Waals surface area (Å²) in [6.45, 7) is 0.807. The molecule has 3 nitrogen and oxygen atoms in total. The van der Waals surface area contributed by atoms with E-state index in [1.165, 1.54) is 11.1 Å². The maximum Gasteiger partial charge on any atom is 0.320 e. The number of benzene rings is 1. The van der Waals surface area contributed by atoms with Crippen molar-refractivity contribution in [1.82, 2.24) is 5.32 Å². The Balaban J connectivity index is 1.95. The van der Waals surface area contributed by atoms with Crippen LogP contribution in [-0.2, 0) is 16.6 Å². The van der Waals surface area contributed by atoms with Crippen molar-refractivity contribution in [2.45, 2.75) is 30.7 Å². The Morgan fingerprint density at radius 2 is 2.25 bits per heavy atom. The zero-order valence-corrected chi connectivity index (χ0v) is 9.07. The third-order valence-corrected chi connectivity index (χ3v) is 4.04. The molecule has 16 heavy (non-hydrogen) atoms. The lowest BCUT2D eigenvalue weighted by molar-refractivity contribution is -0.139.